The largest absolute Gasteiger partial charge is 0.330 e. The van der Waals surface area contributed by atoms with Crippen molar-refractivity contribution >= 4 is 0 Å². The summed E-state index contributed by atoms with van der Waals surface area (Å²) in [5.41, 5.74) is 7.34. The van der Waals surface area contributed by atoms with Crippen LogP contribution in [0.4, 0.5) is 0 Å². The van der Waals surface area contributed by atoms with Crippen molar-refractivity contribution in [3.05, 3.63) is 18.0 Å². The fourth-order valence-electron chi connectivity index (χ4n) is 1.85. The molecule has 72 valence electrons. The van der Waals surface area contributed by atoms with Gasteiger partial charge in [-0.05, 0) is 44.2 Å². The predicted molar refractivity (Wildman–Crippen MR) is 52.3 cm³/mol. The van der Waals surface area contributed by atoms with Crippen molar-refractivity contribution in [3.63, 3.8) is 0 Å². The highest BCUT2D eigenvalue weighted by molar-refractivity contribution is 5.00. The predicted octanol–water partition coefficient (Wildman–Crippen LogP) is 1.32. The Balaban J connectivity index is 2.02. The molecule has 0 spiro atoms. The van der Waals surface area contributed by atoms with Crippen LogP contribution in [0.15, 0.2) is 12.3 Å². The van der Waals surface area contributed by atoms with Crippen molar-refractivity contribution in [1.82, 2.24) is 9.78 Å². The van der Waals surface area contributed by atoms with Gasteiger partial charge in [-0.1, -0.05) is 0 Å². The second-order valence-corrected chi connectivity index (χ2v) is 4.17. The summed E-state index contributed by atoms with van der Waals surface area (Å²) in [6, 6.07) is 2.05. The Hall–Kier alpha value is -0.830. The normalized spacial score (nSPS) is 18.9. The molecule has 3 heteroatoms. The van der Waals surface area contributed by atoms with Gasteiger partial charge in [0.25, 0.3) is 0 Å². The number of aryl methyl sites for hydroxylation is 1. The van der Waals surface area contributed by atoms with Crippen LogP contribution >= 0.6 is 0 Å². The van der Waals surface area contributed by atoms with Gasteiger partial charge in [0, 0.05) is 18.4 Å². The first-order chi connectivity index (χ1) is 6.26. The van der Waals surface area contributed by atoms with Crippen LogP contribution in [-0.4, -0.2) is 16.3 Å². The summed E-state index contributed by atoms with van der Waals surface area (Å²) in [4.78, 5) is 0. The van der Waals surface area contributed by atoms with Crippen LogP contribution in [-0.2, 0) is 6.54 Å². The molecule has 0 bridgehead atoms. The second-order valence-electron chi connectivity index (χ2n) is 4.17. The molecule has 0 saturated heterocycles. The minimum atomic E-state index is 0.492. The SMILES string of the molecule is Cc1ccnn1CC1(CCN)CC1. The number of nitrogens with zero attached hydrogens (tertiary/aromatic N) is 2. The average Bonchev–Trinajstić information content (AvgIpc) is 2.73. The van der Waals surface area contributed by atoms with Crippen LogP contribution in [0, 0.1) is 12.3 Å². The molecule has 0 amide bonds. The van der Waals surface area contributed by atoms with Crippen LogP contribution in [0.25, 0.3) is 0 Å². The van der Waals surface area contributed by atoms with E-state index in [1.807, 2.05) is 6.20 Å². The molecule has 1 heterocycles. The zero-order chi connectivity index (χ0) is 9.31. The van der Waals surface area contributed by atoms with Crippen LogP contribution in [0.1, 0.15) is 25.0 Å². The van der Waals surface area contributed by atoms with E-state index in [-0.39, 0.29) is 0 Å². The summed E-state index contributed by atoms with van der Waals surface area (Å²) in [7, 11) is 0. The standard InChI is InChI=1S/C10H17N3/c1-9-2-7-12-13(9)8-10(3-4-10)5-6-11/h2,7H,3-6,8,11H2,1H3. The molecule has 3 nitrogen and oxygen atoms in total. The van der Waals surface area contributed by atoms with E-state index in [2.05, 4.69) is 22.8 Å². The Bertz CT molecular complexity index is 286. The molecule has 0 aliphatic heterocycles. The van der Waals surface area contributed by atoms with Gasteiger partial charge in [0.15, 0.2) is 0 Å². The summed E-state index contributed by atoms with van der Waals surface area (Å²) >= 11 is 0. The molecular weight excluding hydrogens is 162 g/mol. The highest BCUT2D eigenvalue weighted by atomic mass is 15.3. The van der Waals surface area contributed by atoms with E-state index < -0.39 is 0 Å². The molecule has 2 N–H and O–H groups in total. The van der Waals surface area contributed by atoms with Gasteiger partial charge >= 0.3 is 0 Å². The van der Waals surface area contributed by atoms with Crippen LogP contribution < -0.4 is 5.73 Å². The molecule has 0 aromatic carbocycles. The van der Waals surface area contributed by atoms with Crippen molar-refractivity contribution in [1.29, 1.82) is 0 Å². The maximum atomic E-state index is 5.59. The average molecular weight is 179 g/mol. The Kier molecular flexibility index (Phi) is 2.12. The maximum Gasteiger partial charge on any atom is 0.0492 e. The summed E-state index contributed by atoms with van der Waals surface area (Å²) in [6.45, 7) is 3.97. The highest BCUT2D eigenvalue weighted by Crippen LogP contribution is 2.49. The zero-order valence-corrected chi connectivity index (χ0v) is 8.16. The van der Waals surface area contributed by atoms with Gasteiger partial charge < -0.3 is 5.73 Å². The Morgan fingerprint density at radius 3 is 2.85 bits per heavy atom. The van der Waals surface area contributed by atoms with E-state index >= 15 is 0 Å². The molecule has 1 aliphatic carbocycles. The highest BCUT2D eigenvalue weighted by Gasteiger charge is 2.42. The van der Waals surface area contributed by atoms with E-state index in [1.165, 1.54) is 18.5 Å². The topological polar surface area (TPSA) is 43.8 Å². The third-order valence-electron chi connectivity index (χ3n) is 3.05. The number of nitrogens with two attached hydrogens (primary N) is 1. The van der Waals surface area contributed by atoms with Gasteiger partial charge in [-0.15, -0.1) is 0 Å². The van der Waals surface area contributed by atoms with E-state index in [4.69, 9.17) is 5.73 Å². The lowest BCUT2D eigenvalue weighted by Crippen LogP contribution is -2.17. The van der Waals surface area contributed by atoms with Crippen molar-refractivity contribution in [3.8, 4) is 0 Å². The van der Waals surface area contributed by atoms with Crippen LogP contribution in [0.2, 0.25) is 0 Å². The molecule has 1 fully saturated rings. The third kappa shape index (κ3) is 1.75. The number of hydrogen-bond donors (Lipinski definition) is 1. The number of hydrogen-bond acceptors (Lipinski definition) is 2. The van der Waals surface area contributed by atoms with Gasteiger partial charge in [-0.25, -0.2) is 0 Å². The fraction of sp³-hybridized carbons (Fsp3) is 0.700. The summed E-state index contributed by atoms with van der Waals surface area (Å²) < 4.78 is 2.10. The van der Waals surface area contributed by atoms with Crippen LogP contribution in [0.3, 0.4) is 0 Å². The summed E-state index contributed by atoms with van der Waals surface area (Å²) in [6.07, 6.45) is 5.66. The molecule has 0 atom stereocenters. The fourth-order valence-corrected chi connectivity index (χ4v) is 1.85. The van der Waals surface area contributed by atoms with Crippen molar-refractivity contribution in [2.24, 2.45) is 11.1 Å². The van der Waals surface area contributed by atoms with Crippen molar-refractivity contribution in [2.75, 3.05) is 6.54 Å². The lowest BCUT2D eigenvalue weighted by molar-refractivity contribution is 0.371. The number of aromatic nitrogens is 2. The molecule has 2 rings (SSSR count). The minimum absolute atomic E-state index is 0.492. The Morgan fingerprint density at radius 2 is 2.38 bits per heavy atom. The van der Waals surface area contributed by atoms with Gasteiger partial charge in [0.05, 0.1) is 0 Å². The van der Waals surface area contributed by atoms with E-state index in [9.17, 15) is 0 Å². The molecule has 0 radical (unpaired) electrons. The quantitative estimate of drug-likeness (QED) is 0.757. The monoisotopic (exact) mass is 179 g/mol. The van der Waals surface area contributed by atoms with E-state index in [0.29, 0.717) is 5.41 Å². The third-order valence-corrected chi connectivity index (χ3v) is 3.05. The number of rotatable bonds is 4. The van der Waals surface area contributed by atoms with Crippen molar-refractivity contribution < 1.29 is 0 Å². The molecule has 1 aromatic rings. The lowest BCUT2D eigenvalue weighted by Gasteiger charge is -2.14. The van der Waals surface area contributed by atoms with Crippen LogP contribution in [0.5, 0.6) is 0 Å². The Labute approximate surface area is 78.9 Å². The minimum Gasteiger partial charge on any atom is -0.330 e. The Morgan fingerprint density at radius 1 is 1.62 bits per heavy atom. The first-order valence-corrected chi connectivity index (χ1v) is 4.94. The maximum absolute atomic E-state index is 5.59. The van der Waals surface area contributed by atoms with Gasteiger partial charge in [-0.2, -0.15) is 5.10 Å². The molecule has 0 unspecified atom stereocenters. The van der Waals surface area contributed by atoms with E-state index in [1.54, 1.807) is 0 Å². The molecule has 1 saturated carbocycles. The van der Waals surface area contributed by atoms with Gasteiger partial charge in [0.2, 0.25) is 0 Å². The van der Waals surface area contributed by atoms with Crippen molar-refractivity contribution in [2.45, 2.75) is 32.7 Å². The smallest absolute Gasteiger partial charge is 0.0492 e. The molecular formula is C10H17N3. The zero-order valence-electron chi connectivity index (χ0n) is 8.16. The summed E-state index contributed by atoms with van der Waals surface area (Å²) in [5.74, 6) is 0. The first kappa shape index (κ1) is 8.75. The molecule has 13 heavy (non-hydrogen) atoms. The van der Waals surface area contributed by atoms with E-state index in [0.717, 1.165) is 19.5 Å². The molecule has 1 aromatic heterocycles. The lowest BCUT2D eigenvalue weighted by atomic mass is 10.0. The van der Waals surface area contributed by atoms with Gasteiger partial charge in [0.1, 0.15) is 0 Å². The second kappa shape index (κ2) is 3.14. The van der Waals surface area contributed by atoms with Gasteiger partial charge in [-0.3, -0.25) is 4.68 Å². The first-order valence-electron chi connectivity index (χ1n) is 4.94. The molecule has 1 aliphatic rings. The summed E-state index contributed by atoms with van der Waals surface area (Å²) in [5, 5.41) is 4.30.